The van der Waals surface area contributed by atoms with Crippen LogP contribution in [-0.4, -0.2) is 29.3 Å². The highest BCUT2D eigenvalue weighted by molar-refractivity contribution is 6.09. The zero-order valence-corrected chi connectivity index (χ0v) is 18.9. The molecule has 0 aromatic heterocycles. The maximum Gasteiger partial charge on any atom is 0.325 e. The molecule has 2 atom stereocenters. The summed E-state index contributed by atoms with van der Waals surface area (Å²) in [5, 5.41) is 5.71. The van der Waals surface area contributed by atoms with E-state index in [0.29, 0.717) is 17.9 Å². The highest BCUT2D eigenvalue weighted by Crippen LogP contribution is 2.30. The van der Waals surface area contributed by atoms with Crippen molar-refractivity contribution in [3.8, 4) is 0 Å². The van der Waals surface area contributed by atoms with Gasteiger partial charge < -0.3 is 10.6 Å². The molecule has 31 heavy (non-hydrogen) atoms. The Hall–Kier alpha value is -3.15. The van der Waals surface area contributed by atoms with Crippen molar-refractivity contribution in [3.63, 3.8) is 0 Å². The van der Waals surface area contributed by atoms with E-state index < -0.39 is 17.5 Å². The molecule has 0 saturated carbocycles. The van der Waals surface area contributed by atoms with Crippen LogP contribution in [0.3, 0.4) is 0 Å². The Kier molecular flexibility index (Phi) is 6.48. The average Bonchev–Trinajstić information content (AvgIpc) is 2.96. The minimum Gasteiger partial charge on any atom is -0.348 e. The standard InChI is InChI=1S/C25H31N3O3/c1-6-21(19-9-7-17(4)8-10-19)26-22(29)15-28-23(30)25(5,27-24(28)31)20-13-11-18(12-14-20)16(2)3/h7-14,16,21H,6,15H2,1-5H3,(H,26,29)(H,27,31)/t21-,25-/m0/s1. The second kappa shape index (κ2) is 8.92. The molecule has 6 heteroatoms. The van der Waals surface area contributed by atoms with Gasteiger partial charge in [-0.3, -0.25) is 14.5 Å². The summed E-state index contributed by atoms with van der Waals surface area (Å²) in [5.41, 5.74) is 2.80. The maximum absolute atomic E-state index is 13.1. The van der Waals surface area contributed by atoms with Gasteiger partial charge in [-0.05, 0) is 42.9 Å². The number of carbonyl (C=O) groups excluding carboxylic acids is 3. The summed E-state index contributed by atoms with van der Waals surface area (Å²) in [7, 11) is 0. The minimum atomic E-state index is -1.19. The van der Waals surface area contributed by atoms with E-state index in [1.54, 1.807) is 6.92 Å². The Morgan fingerprint density at radius 2 is 1.61 bits per heavy atom. The van der Waals surface area contributed by atoms with Gasteiger partial charge in [-0.15, -0.1) is 0 Å². The van der Waals surface area contributed by atoms with Crippen LogP contribution in [-0.2, 0) is 15.1 Å². The summed E-state index contributed by atoms with van der Waals surface area (Å²) in [4.78, 5) is 39.4. The fraction of sp³-hybridized carbons (Fsp3) is 0.400. The van der Waals surface area contributed by atoms with Crippen molar-refractivity contribution in [2.75, 3.05) is 6.54 Å². The third-order valence-electron chi connectivity index (χ3n) is 5.95. The number of benzene rings is 2. The SMILES string of the molecule is CC[C@H](NC(=O)CN1C(=O)N[C@@](C)(c2ccc(C(C)C)cc2)C1=O)c1ccc(C)cc1. The van der Waals surface area contributed by atoms with Crippen molar-refractivity contribution < 1.29 is 14.4 Å². The monoisotopic (exact) mass is 421 g/mol. The molecule has 2 aromatic rings. The van der Waals surface area contributed by atoms with Gasteiger partial charge in [0.2, 0.25) is 5.91 Å². The molecule has 1 aliphatic heterocycles. The van der Waals surface area contributed by atoms with Crippen LogP contribution < -0.4 is 10.6 Å². The first-order valence-electron chi connectivity index (χ1n) is 10.8. The van der Waals surface area contributed by atoms with E-state index in [9.17, 15) is 14.4 Å². The van der Waals surface area contributed by atoms with Gasteiger partial charge >= 0.3 is 6.03 Å². The summed E-state index contributed by atoms with van der Waals surface area (Å²) in [6.07, 6.45) is 0.703. The lowest BCUT2D eigenvalue weighted by Gasteiger charge is -2.23. The molecule has 0 spiro atoms. The molecule has 0 unspecified atom stereocenters. The van der Waals surface area contributed by atoms with Gasteiger partial charge in [-0.25, -0.2) is 4.79 Å². The topological polar surface area (TPSA) is 78.5 Å². The van der Waals surface area contributed by atoms with Crippen molar-refractivity contribution in [3.05, 3.63) is 70.8 Å². The number of hydrogen-bond acceptors (Lipinski definition) is 3. The molecule has 2 aromatic carbocycles. The molecule has 1 aliphatic rings. The molecule has 4 amide bonds. The highest BCUT2D eigenvalue weighted by atomic mass is 16.2. The van der Waals surface area contributed by atoms with Crippen LogP contribution in [0.4, 0.5) is 4.79 Å². The van der Waals surface area contributed by atoms with E-state index in [0.717, 1.165) is 21.6 Å². The summed E-state index contributed by atoms with van der Waals surface area (Å²) >= 11 is 0. The van der Waals surface area contributed by atoms with Gasteiger partial charge in [0.25, 0.3) is 5.91 Å². The molecule has 0 aliphatic carbocycles. The lowest BCUT2D eigenvalue weighted by Crippen LogP contribution is -2.43. The van der Waals surface area contributed by atoms with Crippen LogP contribution in [0.15, 0.2) is 48.5 Å². The fourth-order valence-electron chi connectivity index (χ4n) is 3.84. The van der Waals surface area contributed by atoms with Gasteiger partial charge in [-0.2, -0.15) is 0 Å². The van der Waals surface area contributed by atoms with Gasteiger partial charge in [0, 0.05) is 0 Å². The van der Waals surface area contributed by atoms with E-state index in [1.807, 2.05) is 62.4 Å². The first-order chi connectivity index (χ1) is 14.7. The predicted octanol–water partition coefficient (Wildman–Crippen LogP) is 4.15. The number of imide groups is 1. The van der Waals surface area contributed by atoms with E-state index >= 15 is 0 Å². The fourth-order valence-corrected chi connectivity index (χ4v) is 3.84. The van der Waals surface area contributed by atoms with E-state index in [2.05, 4.69) is 24.5 Å². The Bertz CT molecular complexity index is 967. The molecule has 1 saturated heterocycles. The quantitative estimate of drug-likeness (QED) is 0.659. The van der Waals surface area contributed by atoms with Crippen molar-refractivity contribution in [1.82, 2.24) is 15.5 Å². The smallest absolute Gasteiger partial charge is 0.325 e. The van der Waals surface area contributed by atoms with Crippen LogP contribution >= 0.6 is 0 Å². The van der Waals surface area contributed by atoms with Gasteiger partial charge in [0.05, 0.1) is 6.04 Å². The lowest BCUT2D eigenvalue weighted by molar-refractivity contribution is -0.135. The molecule has 1 heterocycles. The number of carbonyl (C=O) groups is 3. The number of nitrogens with one attached hydrogen (secondary N) is 2. The van der Waals surface area contributed by atoms with Crippen LogP contribution in [0.5, 0.6) is 0 Å². The molecule has 0 radical (unpaired) electrons. The second-order valence-electron chi connectivity index (χ2n) is 8.66. The lowest BCUT2D eigenvalue weighted by atomic mass is 9.90. The third kappa shape index (κ3) is 4.63. The molecule has 6 nitrogen and oxygen atoms in total. The molecular weight excluding hydrogens is 390 g/mol. The highest BCUT2D eigenvalue weighted by Gasteiger charge is 2.49. The number of aryl methyl sites for hydroxylation is 1. The second-order valence-corrected chi connectivity index (χ2v) is 8.66. The maximum atomic E-state index is 13.1. The molecule has 0 bridgehead atoms. The van der Waals surface area contributed by atoms with Crippen molar-refractivity contribution in [2.45, 2.75) is 58.5 Å². The zero-order valence-electron chi connectivity index (χ0n) is 18.9. The third-order valence-corrected chi connectivity index (χ3v) is 5.95. The Balaban J connectivity index is 1.71. The Labute approximate surface area is 184 Å². The molecule has 164 valence electrons. The zero-order chi connectivity index (χ0) is 22.8. The molecular formula is C25H31N3O3. The Morgan fingerprint density at radius 1 is 1.03 bits per heavy atom. The van der Waals surface area contributed by atoms with Crippen LogP contribution in [0.1, 0.15) is 68.3 Å². The van der Waals surface area contributed by atoms with Gasteiger partial charge in [0.15, 0.2) is 0 Å². The van der Waals surface area contributed by atoms with Gasteiger partial charge in [0.1, 0.15) is 12.1 Å². The molecule has 2 N–H and O–H groups in total. The van der Waals surface area contributed by atoms with Gasteiger partial charge in [-0.1, -0.05) is 74.9 Å². The minimum absolute atomic E-state index is 0.177. The van der Waals surface area contributed by atoms with Crippen LogP contribution in [0.2, 0.25) is 0 Å². The summed E-state index contributed by atoms with van der Waals surface area (Å²) in [6.45, 7) is 9.55. The van der Waals surface area contributed by atoms with Crippen molar-refractivity contribution in [2.24, 2.45) is 0 Å². The van der Waals surface area contributed by atoms with Crippen LogP contribution in [0.25, 0.3) is 0 Å². The normalized spacial score (nSPS) is 19.5. The van der Waals surface area contributed by atoms with E-state index in [4.69, 9.17) is 0 Å². The number of nitrogens with zero attached hydrogens (tertiary/aromatic N) is 1. The van der Waals surface area contributed by atoms with Crippen molar-refractivity contribution in [1.29, 1.82) is 0 Å². The summed E-state index contributed by atoms with van der Waals surface area (Å²) in [6, 6.07) is 14.9. The number of rotatable bonds is 7. The molecule has 1 fully saturated rings. The largest absolute Gasteiger partial charge is 0.348 e. The number of urea groups is 1. The number of hydrogen-bond donors (Lipinski definition) is 2. The number of amides is 4. The van der Waals surface area contributed by atoms with E-state index in [-0.39, 0.29) is 18.5 Å². The molecule has 3 rings (SSSR count). The van der Waals surface area contributed by atoms with Crippen LogP contribution in [0, 0.1) is 6.92 Å². The predicted molar refractivity (Wildman–Crippen MR) is 120 cm³/mol. The summed E-state index contributed by atoms with van der Waals surface area (Å²) in [5.74, 6) is -0.417. The first-order valence-corrected chi connectivity index (χ1v) is 10.8. The first kappa shape index (κ1) is 22.5. The average molecular weight is 422 g/mol. The van der Waals surface area contributed by atoms with E-state index in [1.165, 1.54) is 0 Å². The Morgan fingerprint density at radius 3 is 2.16 bits per heavy atom. The van der Waals surface area contributed by atoms with Crippen molar-refractivity contribution >= 4 is 17.8 Å². The summed E-state index contributed by atoms with van der Waals surface area (Å²) < 4.78 is 0.